The molecule has 11 heteroatoms. The SMILES string of the molecule is CON=C(C[C@@H]1[C@H](CS(=O)(=O)c2ccccc2)[C@@H](C(C)N2CCCC2=O)CC[C@H]1N(C)C(C)C)c1cccc(C(F)(F)F)c1. The molecule has 1 aliphatic heterocycles. The summed E-state index contributed by atoms with van der Waals surface area (Å²) in [5.41, 5.74) is -0.179. The lowest BCUT2D eigenvalue weighted by molar-refractivity contribution is -0.137. The summed E-state index contributed by atoms with van der Waals surface area (Å²) in [5, 5.41) is 4.22. The molecular formula is C33H44F3N3O4S. The van der Waals surface area contributed by atoms with Crippen molar-refractivity contribution in [3.63, 3.8) is 0 Å². The van der Waals surface area contributed by atoms with Crippen LogP contribution in [0.5, 0.6) is 0 Å². The van der Waals surface area contributed by atoms with Crippen LogP contribution >= 0.6 is 0 Å². The zero-order chi connectivity index (χ0) is 32.2. The van der Waals surface area contributed by atoms with E-state index in [0.29, 0.717) is 18.7 Å². The Bertz CT molecular complexity index is 1410. The van der Waals surface area contributed by atoms with Crippen molar-refractivity contribution in [2.45, 2.75) is 82.1 Å². The Labute approximate surface area is 259 Å². The summed E-state index contributed by atoms with van der Waals surface area (Å²) in [6.07, 6.45) is -1.60. The van der Waals surface area contributed by atoms with E-state index in [1.807, 2.05) is 18.9 Å². The summed E-state index contributed by atoms with van der Waals surface area (Å²) in [5.74, 6) is -0.919. The number of amides is 1. The van der Waals surface area contributed by atoms with Crippen LogP contribution in [0.2, 0.25) is 0 Å². The summed E-state index contributed by atoms with van der Waals surface area (Å²) in [4.78, 5) is 22.4. The van der Waals surface area contributed by atoms with E-state index in [-0.39, 0.29) is 58.5 Å². The number of carbonyl (C=O) groups is 1. The molecule has 2 aromatic carbocycles. The largest absolute Gasteiger partial charge is 0.416 e. The average Bonchev–Trinajstić information content (AvgIpc) is 3.42. The first-order valence-corrected chi connectivity index (χ1v) is 17.0. The number of carbonyl (C=O) groups excluding carboxylic acids is 1. The number of nitrogens with zero attached hydrogens (tertiary/aromatic N) is 3. The van der Waals surface area contributed by atoms with Crippen LogP contribution in [0.1, 0.15) is 64.0 Å². The number of hydrogen-bond donors (Lipinski definition) is 0. The quantitative estimate of drug-likeness (QED) is 0.215. The van der Waals surface area contributed by atoms with Crippen LogP contribution in [0.3, 0.4) is 0 Å². The molecule has 5 atom stereocenters. The molecular weight excluding hydrogens is 591 g/mol. The van der Waals surface area contributed by atoms with Crippen molar-refractivity contribution in [3.8, 4) is 0 Å². The minimum Gasteiger partial charge on any atom is -0.399 e. The molecule has 0 aromatic heterocycles. The molecule has 1 amide bonds. The minimum absolute atomic E-state index is 0.0726. The van der Waals surface area contributed by atoms with Crippen molar-refractivity contribution in [1.29, 1.82) is 0 Å². The van der Waals surface area contributed by atoms with Crippen LogP contribution in [0, 0.1) is 17.8 Å². The molecule has 1 saturated heterocycles. The maximum atomic E-state index is 14.0. The molecule has 242 valence electrons. The maximum absolute atomic E-state index is 14.0. The highest BCUT2D eigenvalue weighted by atomic mass is 32.2. The van der Waals surface area contributed by atoms with Gasteiger partial charge in [0.15, 0.2) is 9.84 Å². The molecule has 44 heavy (non-hydrogen) atoms. The summed E-state index contributed by atoms with van der Waals surface area (Å²) in [6.45, 7) is 6.79. The summed E-state index contributed by atoms with van der Waals surface area (Å²) >= 11 is 0. The fourth-order valence-electron chi connectivity index (χ4n) is 7.14. The highest BCUT2D eigenvalue weighted by Gasteiger charge is 2.47. The number of alkyl halides is 3. The molecule has 1 unspecified atom stereocenters. The Balaban J connectivity index is 1.83. The second kappa shape index (κ2) is 14.0. The zero-order valence-electron chi connectivity index (χ0n) is 26.1. The Morgan fingerprint density at radius 3 is 2.36 bits per heavy atom. The third-order valence-corrected chi connectivity index (χ3v) is 11.4. The number of sulfone groups is 1. The highest BCUT2D eigenvalue weighted by Crippen LogP contribution is 2.45. The van der Waals surface area contributed by atoms with E-state index in [4.69, 9.17) is 4.84 Å². The number of likely N-dealkylation sites (tertiary alicyclic amines) is 1. The molecule has 0 spiro atoms. The predicted octanol–water partition coefficient (Wildman–Crippen LogP) is 6.28. The fourth-order valence-corrected chi connectivity index (χ4v) is 8.91. The molecule has 1 aliphatic carbocycles. The van der Waals surface area contributed by atoms with Crippen molar-refractivity contribution >= 4 is 21.5 Å². The molecule has 1 saturated carbocycles. The lowest BCUT2D eigenvalue weighted by atomic mass is 9.65. The Morgan fingerprint density at radius 2 is 1.77 bits per heavy atom. The number of hydrogen-bond acceptors (Lipinski definition) is 6. The monoisotopic (exact) mass is 635 g/mol. The molecule has 1 heterocycles. The lowest BCUT2D eigenvalue weighted by Crippen LogP contribution is -2.55. The maximum Gasteiger partial charge on any atom is 0.416 e. The van der Waals surface area contributed by atoms with Gasteiger partial charge in [0.05, 0.1) is 21.9 Å². The smallest absolute Gasteiger partial charge is 0.399 e. The van der Waals surface area contributed by atoms with Gasteiger partial charge in [0.2, 0.25) is 5.91 Å². The molecule has 2 aromatic rings. The molecule has 2 fully saturated rings. The van der Waals surface area contributed by atoms with E-state index < -0.39 is 27.5 Å². The van der Waals surface area contributed by atoms with Gasteiger partial charge >= 0.3 is 6.18 Å². The predicted molar refractivity (Wildman–Crippen MR) is 165 cm³/mol. The summed E-state index contributed by atoms with van der Waals surface area (Å²) in [7, 11) is -0.382. The van der Waals surface area contributed by atoms with E-state index in [1.165, 1.54) is 13.2 Å². The van der Waals surface area contributed by atoms with Gasteiger partial charge in [-0.15, -0.1) is 0 Å². The third-order valence-electron chi connectivity index (χ3n) is 9.62. The first kappa shape index (κ1) is 34.0. The van der Waals surface area contributed by atoms with Gasteiger partial charge in [0.25, 0.3) is 0 Å². The highest BCUT2D eigenvalue weighted by molar-refractivity contribution is 7.91. The number of halogens is 3. The first-order chi connectivity index (χ1) is 20.7. The van der Waals surface area contributed by atoms with Crippen molar-refractivity contribution in [2.75, 3.05) is 26.5 Å². The van der Waals surface area contributed by atoms with Crippen molar-refractivity contribution in [2.24, 2.45) is 22.9 Å². The molecule has 7 nitrogen and oxygen atoms in total. The molecule has 0 N–H and O–H groups in total. The van der Waals surface area contributed by atoms with Crippen LogP contribution in [0.25, 0.3) is 0 Å². The van der Waals surface area contributed by atoms with Gasteiger partial charge in [-0.25, -0.2) is 8.42 Å². The molecule has 4 rings (SSSR count). The lowest BCUT2D eigenvalue weighted by Gasteiger charge is -2.50. The third kappa shape index (κ3) is 7.65. The van der Waals surface area contributed by atoms with E-state index in [2.05, 4.69) is 23.9 Å². The van der Waals surface area contributed by atoms with Crippen molar-refractivity contribution in [1.82, 2.24) is 9.80 Å². The number of rotatable bonds is 11. The van der Waals surface area contributed by atoms with Crippen molar-refractivity contribution < 1.29 is 31.2 Å². The van der Waals surface area contributed by atoms with E-state index in [1.54, 1.807) is 36.4 Å². The van der Waals surface area contributed by atoms with Crippen molar-refractivity contribution in [3.05, 3.63) is 65.7 Å². The van der Waals surface area contributed by atoms with Crippen LogP contribution in [-0.2, 0) is 25.6 Å². The van der Waals surface area contributed by atoms with Crippen LogP contribution < -0.4 is 0 Å². The fraction of sp³-hybridized carbons (Fsp3) is 0.576. The average molecular weight is 636 g/mol. The Hall–Kier alpha value is -2.92. The topological polar surface area (TPSA) is 79.3 Å². The summed E-state index contributed by atoms with van der Waals surface area (Å²) in [6, 6.07) is 13.2. The van der Waals surface area contributed by atoms with Gasteiger partial charge < -0.3 is 14.6 Å². The van der Waals surface area contributed by atoms with Gasteiger partial charge in [-0.1, -0.05) is 35.5 Å². The van der Waals surface area contributed by atoms with Crippen LogP contribution in [0.4, 0.5) is 13.2 Å². The summed E-state index contributed by atoms with van der Waals surface area (Å²) < 4.78 is 69.0. The van der Waals surface area contributed by atoms with Gasteiger partial charge in [-0.3, -0.25) is 4.79 Å². The molecule has 2 aliphatic rings. The Kier molecular flexibility index (Phi) is 10.8. The van der Waals surface area contributed by atoms with Crippen LogP contribution in [0.15, 0.2) is 64.6 Å². The van der Waals surface area contributed by atoms with Gasteiger partial charge in [-0.2, -0.15) is 13.2 Å². The Morgan fingerprint density at radius 1 is 1.07 bits per heavy atom. The molecule has 0 bridgehead atoms. The van der Waals surface area contributed by atoms with E-state index in [0.717, 1.165) is 31.4 Å². The van der Waals surface area contributed by atoms with E-state index >= 15 is 0 Å². The minimum atomic E-state index is -4.53. The zero-order valence-corrected chi connectivity index (χ0v) is 26.9. The van der Waals surface area contributed by atoms with Gasteiger partial charge in [0.1, 0.15) is 7.11 Å². The second-order valence-corrected chi connectivity index (χ2v) is 14.5. The number of oxime groups is 1. The normalized spacial score (nSPS) is 24.3. The standard InChI is InChI=1S/C33H44F3N3O4S/c1-22(2)38(4)31-17-16-27(23(3)39-18-10-15-32(39)40)29(21-44(41,42)26-13-7-6-8-14-26)28(31)20-30(37-43-5)24-11-9-12-25(19-24)33(34,35)36/h6-9,11-14,19,22-23,27-29,31H,10,15-18,20-21H2,1-5H3/t23?,27-,28-,29-,31-/m1/s1. The number of benzene rings is 2. The van der Waals surface area contributed by atoms with Gasteiger partial charge in [0, 0.05) is 31.1 Å². The second-order valence-electron chi connectivity index (χ2n) is 12.4. The first-order valence-electron chi connectivity index (χ1n) is 15.3. The van der Waals surface area contributed by atoms with E-state index in [9.17, 15) is 26.4 Å². The van der Waals surface area contributed by atoms with Crippen LogP contribution in [-0.4, -0.2) is 74.4 Å². The molecule has 0 radical (unpaired) electrons. The van der Waals surface area contributed by atoms with Gasteiger partial charge in [-0.05, 0) is 101 Å².